The summed E-state index contributed by atoms with van der Waals surface area (Å²) in [5.74, 6) is -0.672. The van der Waals surface area contributed by atoms with Crippen molar-refractivity contribution in [2.24, 2.45) is 0 Å². The number of carbonyl (C=O) groups is 1. The first kappa shape index (κ1) is 15.0. The molecule has 0 fully saturated rings. The van der Waals surface area contributed by atoms with Crippen LogP contribution in [0.3, 0.4) is 0 Å². The van der Waals surface area contributed by atoms with E-state index in [0.717, 1.165) is 24.4 Å². The lowest BCUT2D eigenvalue weighted by atomic mass is 10.2. The van der Waals surface area contributed by atoms with Gasteiger partial charge in [-0.15, -0.1) is 26.3 Å². The van der Waals surface area contributed by atoms with E-state index >= 15 is 0 Å². The van der Waals surface area contributed by atoms with Gasteiger partial charge in [-0.2, -0.15) is 0 Å². The second-order valence-electron chi connectivity index (χ2n) is 3.77. The van der Waals surface area contributed by atoms with Gasteiger partial charge in [0.15, 0.2) is 0 Å². The molecule has 1 aromatic carbocycles. The molecule has 0 aliphatic rings. The van der Waals surface area contributed by atoms with E-state index in [1.807, 2.05) is 0 Å². The number of aromatic nitrogens is 1. The first-order valence-corrected chi connectivity index (χ1v) is 5.22. The van der Waals surface area contributed by atoms with Gasteiger partial charge in [0.1, 0.15) is 5.75 Å². The van der Waals surface area contributed by atoms with Gasteiger partial charge in [0.05, 0.1) is 5.52 Å². The molecule has 2 aromatic rings. The van der Waals surface area contributed by atoms with E-state index in [9.17, 15) is 31.1 Å². The summed E-state index contributed by atoms with van der Waals surface area (Å²) in [5, 5.41) is 0.239. The molecular weight excluding hydrogens is 308 g/mol. The number of benzene rings is 1. The Morgan fingerprint density at radius 3 is 2.24 bits per heavy atom. The van der Waals surface area contributed by atoms with E-state index in [2.05, 4.69) is 9.47 Å². The summed E-state index contributed by atoms with van der Waals surface area (Å²) in [6.45, 7) is 0. The topological polar surface area (TPSA) is 40.5 Å². The van der Waals surface area contributed by atoms with Crippen LogP contribution in [0.5, 0.6) is 5.75 Å². The highest BCUT2D eigenvalue weighted by atomic mass is 19.4. The number of carbonyl (C=O) groups excluding carboxylic acids is 1. The van der Waals surface area contributed by atoms with Crippen LogP contribution in [0.25, 0.3) is 10.9 Å². The Bertz CT molecular complexity index is 673. The van der Waals surface area contributed by atoms with Gasteiger partial charge in [-0.05, 0) is 18.2 Å². The van der Waals surface area contributed by atoms with E-state index in [4.69, 9.17) is 0 Å². The Morgan fingerprint density at radius 2 is 1.67 bits per heavy atom. The quantitative estimate of drug-likeness (QED) is 0.746. The van der Waals surface area contributed by atoms with Gasteiger partial charge in [0, 0.05) is 17.6 Å². The minimum atomic E-state index is -5.20. The van der Waals surface area contributed by atoms with Crippen molar-refractivity contribution in [1.29, 1.82) is 0 Å². The zero-order chi connectivity index (χ0) is 15.8. The third-order valence-corrected chi connectivity index (χ3v) is 2.30. The predicted octanol–water partition coefficient (Wildman–Crippen LogP) is 4.04. The molecule has 0 unspecified atom stereocenters. The van der Waals surface area contributed by atoms with Crippen LogP contribution in [-0.2, 0) is 4.74 Å². The Balaban J connectivity index is 2.37. The average Bonchev–Trinajstić information content (AvgIpc) is 2.67. The van der Waals surface area contributed by atoms with Crippen molar-refractivity contribution in [2.45, 2.75) is 12.7 Å². The fourth-order valence-electron chi connectivity index (χ4n) is 1.61. The number of halogens is 6. The van der Waals surface area contributed by atoms with Crippen LogP contribution in [0, 0.1) is 0 Å². The number of alkyl halides is 6. The smallest absolute Gasteiger partial charge is 0.406 e. The van der Waals surface area contributed by atoms with Crippen LogP contribution >= 0.6 is 0 Å². The molecule has 1 aromatic heterocycles. The minimum Gasteiger partial charge on any atom is -0.406 e. The third kappa shape index (κ3) is 3.80. The molecule has 4 nitrogen and oxygen atoms in total. The highest BCUT2D eigenvalue weighted by Gasteiger charge is 2.35. The second kappa shape index (κ2) is 4.86. The lowest BCUT2D eigenvalue weighted by molar-refractivity contribution is -0.291. The van der Waals surface area contributed by atoms with Crippen molar-refractivity contribution in [2.75, 3.05) is 0 Å². The molecular formula is C11H5F6NO3. The van der Waals surface area contributed by atoms with Gasteiger partial charge in [-0.1, -0.05) is 0 Å². The molecule has 0 spiro atoms. The molecule has 0 aliphatic carbocycles. The Hall–Kier alpha value is -2.39. The van der Waals surface area contributed by atoms with Gasteiger partial charge in [0.25, 0.3) is 0 Å². The summed E-state index contributed by atoms with van der Waals surface area (Å²) in [5.41, 5.74) is -0.217. The van der Waals surface area contributed by atoms with Crippen molar-refractivity contribution in [1.82, 2.24) is 4.57 Å². The monoisotopic (exact) mass is 313 g/mol. The van der Waals surface area contributed by atoms with Crippen LogP contribution in [0.2, 0.25) is 0 Å². The molecule has 0 bridgehead atoms. The maximum atomic E-state index is 12.1. The molecule has 1 heterocycles. The highest BCUT2D eigenvalue weighted by Crippen LogP contribution is 2.28. The first-order valence-electron chi connectivity index (χ1n) is 5.22. The van der Waals surface area contributed by atoms with E-state index in [0.29, 0.717) is 4.57 Å². The van der Waals surface area contributed by atoms with E-state index in [-0.39, 0.29) is 10.9 Å². The third-order valence-electron chi connectivity index (χ3n) is 2.30. The van der Waals surface area contributed by atoms with E-state index < -0.39 is 24.6 Å². The zero-order valence-electron chi connectivity index (χ0n) is 9.83. The van der Waals surface area contributed by atoms with E-state index in [1.165, 1.54) is 6.07 Å². The van der Waals surface area contributed by atoms with Crippen molar-refractivity contribution >= 4 is 17.0 Å². The number of nitrogens with zero attached hydrogens (tertiary/aromatic N) is 1. The molecule has 21 heavy (non-hydrogen) atoms. The molecule has 114 valence electrons. The van der Waals surface area contributed by atoms with Crippen LogP contribution in [0.15, 0.2) is 30.5 Å². The molecule has 0 atom stereocenters. The number of hydrogen-bond donors (Lipinski definition) is 0. The van der Waals surface area contributed by atoms with Gasteiger partial charge >= 0.3 is 18.8 Å². The normalized spacial score (nSPS) is 12.5. The number of fused-ring (bicyclic) bond motifs is 1. The standard InChI is InChI=1S/C11H5F6NO3/c12-10(13,14)20-7-2-1-6-3-4-18(8(6)5-7)9(19)21-11(15,16)17/h1-5H. The predicted molar refractivity (Wildman–Crippen MR) is 56.6 cm³/mol. The van der Waals surface area contributed by atoms with Crippen molar-refractivity contribution in [3.8, 4) is 5.75 Å². The molecule has 0 N–H and O–H groups in total. The summed E-state index contributed by atoms with van der Waals surface area (Å²) >= 11 is 0. The lowest BCUT2D eigenvalue weighted by Crippen LogP contribution is -2.23. The average molecular weight is 313 g/mol. The SMILES string of the molecule is O=C(OC(F)(F)F)n1ccc2ccc(OC(F)(F)F)cc21. The summed E-state index contributed by atoms with van der Waals surface area (Å²) < 4.78 is 79.4. The summed E-state index contributed by atoms with van der Waals surface area (Å²) in [6.07, 6.45) is -11.0. The van der Waals surface area contributed by atoms with Gasteiger partial charge in [-0.25, -0.2) is 4.79 Å². The largest absolute Gasteiger partial charge is 0.576 e. The number of ether oxygens (including phenoxy) is 2. The van der Waals surface area contributed by atoms with Crippen molar-refractivity contribution in [3.63, 3.8) is 0 Å². The zero-order valence-corrected chi connectivity index (χ0v) is 9.83. The van der Waals surface area contributed by atoms with Crippen LogP contribution in [0.1, 0.15) is 0 Å². The fraction of sp³-hybridized carbons (Fsp3) is 0.182. The maximum absolute atomic E-state index is 12.1. The van der Waals surface area contributed by atoms with Gasteiger partial charge in [0.2, 0.25) is 0 Å². The first-order chi connectivity index (χ1) is 9.55. The molecule has 0 amide bonds. The van der Waals surface area contributed by atoms with Crippen LogP contribution in [0.4, 0.5) is 31.1 Å². The summed E-state index contributed by atoms with van der Waals surface area (Å²) in [4.78, 5) is 11.3. The van der Waals surface area contributed by atoms with Crippen molar-refractivity contribution < 1.29 is 40.6 Å². The molecule has 0 aliphatic heterocycles. The molecule has 0 saturated carbocycles. The maximum Gasteiger partial charge on any atom is 0.576 e. The number of hydrogen-bond acceptors (Lipinski definition) is 3. The molecule has 10 heteroatoms. The minimum absolute atomic E-state index is 0.217. The molecule has 0 radical (unpaired) electrons. The highest BCUT2D eigenvalue weighted by molar-refractivity contribution is 5.90. The summed E-state index contributed by atoms with van der Waals surface area (Å²) in [6, 6.07) is 4.15. The van der Waals surface area contributed by atoms with Crippen LogP contribution in [-0.4, -0.2) is 23.4 Å². The van der Waals surface area contributed by atoms with E-state index in [1.54, 1.807) is 0 Å². The summed E-state index contributed by atoms with van der Waals surface area (Å²) in [7, 11) is 0. The molecule has 2 rings (SSSR count). The van der Waals surface area contributed by atoms with Gasteiger partial charge < -0.3 is 9.47 Å². The Labute approximate surface area is 112 Å². The number of rotatable bonds is 1. The van der Waals surface area contributed by atoms with Crippen molar-refractivity contribution in [3.05, 3.63) is 30.5 Å². The lowest BCUT2D eigenvalue weighted by Gasteiger charge is -2.10. The second-order valence-corrected chi connectivity index (χ2v) is 3.77. The van der Waals surface area contributed by atoms with Gasteiger partial charge in [-0.3, -0.25) is 4.57 Å². The Morgan fingerprint density at radius 1 is 1.00 bits per heavy atom. The molecule has 0 saturated heterocycles. The fourth-order valence-corrected chi connectivity index (χ4v) is 1.61. The Kier molecular flexibility index (Phi) is 3.47. The van der Waals surface area contributed by atoms with Crippen LogP contribution < -0.4 is 4.74 Å².